The lowest BCUT2D eigenvalue weighted by Crippen LogP contribution is -2.01. The van der Waals surface area contributed by atoms with Gasteiger partial charge in [-0.1, -0.05) is 95.2 Å². The van der Waals surface area contributed by atoms with Gasteiger partial charge in [-0.05, 0) is 53.8 Å². The van der Waals surface area contributed by atoms with Gasteiger partial charge in [0.1, 0.15) is 5.75 Å². The van der Waals surface area contributed by atoms with Gasteiger partial charge in [0.05, 0.1) is 13.2 Å². The molecule has 3 rings (SSSR count). The Hall–Kier alpha value is -2.88. The molecule has 0 aliphatic carbocycles. The summed E-state index contributed by atoms with van der Waals surface area (Å²) in [5, 5.41) is 0. The second kappa shape index (κ2) is 14.5. The molecule has 0 atom stereocenters. The zero-order chi connectivity index (χ0) is 24.9. The van der Waals surface area contributed by atoms with E-state index in [0.717, 1.165) is 49.2 Å². The zero-order valence-electron chi connectivity index (χ0n) is 21.1. The first-order valence-electron chi connectivity index (χ1n) is 13.1. The van der Waals surface area contributed by atoms with Crippen molar-refractivity contribution < 1.29 is 18.3 Å². The van der Waals surface area contributed by atoms with E-state index < -0.39 is 11.6 Å². The second-order valence-electron chi connectivity index (χ2n) is 9.01. The minimum absolute atomic E-state index is 0.0200. The Labute approximate surface area is 209 Å². The van der Waals surface area contributed by atoms with Gasteiger partial charge in [0.2, 0.25) is 5.82 Å². The Morgan fingerprint density at radius 2 is 1.03 bits per heavy atom. The molecule has 0 saturated heterocycles. The van der Waals surface area contributed by atoms with Crippen LogP contribution in [0.15, 0.2) is 60.7 Å². The fourth-order valence-corrected chi connectivity index (χ4v) is 4.06. The molecule has 0 heterocycles. The summed E-state index contributed by atoms with van der Waals surface area (Å²) in [5.74, 6) is -0.957. The molecule has 3 aromatic rings. The monoisotopic (exact) mass is 480 g/mol. The van der Waals surface area contributed by atoms with Crippen molar-refractivity contribution in [1.29, 1.82) is 0 Å². The topological polar surface area (TPSA) is 18.5 Å². The number of hydrogen-bond donors (Lipinski definition) is 0. The molecule has 4 heteroatoms. The van der Waals surface area contributed by atoms with Crippen LogP contribution in [0.4, 0.5) is 8.78 Å². The van der Waals surface area contributed by atoms with Crippen molar-refractivity contribution in [3.63, 3.8) is 0 Å². The third-order valence-corrected chi connectivity index (χ3v) is 6.20. The van der Waals surface area contributed by atoms with Gasteiger partial charge in [-0.2, -0.15) is 4.39 Å². The van der Waals surface area contributed by atoms with E-state index in [0.29, 0.717) is 12.2 Å². The molecular formula is C31H38F2O2. The van der Waals surface area contributed by atoms with E-state index in [-0.39, 0.29) is 11.3 Å². The summed E-state index contributed by atoms with van der Waals surface area (Å²) in [6.07, 6.45) is 10.1. The van der Waals surface area contributed by atoms with Crippen LogP contribution < -0.4 is 9.47 Å². The van der Waals surface area contributed by atoms with Gasteiger partial charge in [-0.3, -0.25) is 0 Å². The highest BCUT2D eigenvalue weighted by Gasteiger charge is 2.16. The Morgan fingerprint density at radius 1 is 0.514 bits per heavy atom. The molecular weight excluding hydrogens is 442 g/mol. The van der Waals surface area contributed by atoms with E-state index in [1.807, 2.05) is 48.5 Å². The Kier molecular flexibility index (Phi) is 11.1. The predicted molar refractivity (Wildman–Crippen MR) is 141 cm³/mol. The summed E-state index contributed by atoms with van der Waals surface area (Å²) in [6, 6.07) is 18.6. The molecule has 188 valence electrons. The number of halogens is 2. The van der Waals surface area contributed by atoms with Gasteiger partial charge in [0.25, 0.3) is 0 Å². The SMILES string of the molecule is CCCCCCCCOc1ccc(-c2ccc(-c3ccc(OCCCCC)cc3)cc2)c(F)c1F. The summed E-state index contributed by atoms with van der Waals surface area (Å²) in [4.78, 5) is 0. The van der Waals surface area contributed by atoms with Crippen molar-refractivity contribution in [2.24, 2.45) is 0 Å². The molecule has 0 unspecified atom stereocenters. The van der Waals surface area contributed by atoms with Crippen molar-refractivity contribution in [1.82, 2.24) is 0 Å². The highest BCUT2D eigenvalue weighted by Crippen LogP contribution is 2.32. The largest absolute Gasteiger partial charge is 0.494 e. The predicted octanol–water partition coefficient (Wildman–Crippen LogP) is 9.61. The van der Waals surface area contributed by atoms with Crippen molar-refractivity contribution in [3.8, 4) is 33.8 Å². The summed E-state index contributed by atoms with van der Waals surface area (Å²) in [5.41, 5.74) is 2.91. The molecule has 0 spiro atoms. The van der Waals surface area contributed by atoms with Gasteiger partial charge in [0.15, 0.2) is 11.6 Å². The van der Waals surface area contributed by atoms with Gasteiger partial charge in [-0.25, -0.2) is 4.39 Å². The summed E-state index contributed by atoms with van der Waals surface area (Å²) >= 11 is 0. The average Bonchev–Trinajstić information content (AvgIpc) is 2.89. The number of unbranched alkanes of at least 4 members (excludes halogenated alkanes) is 7. The summed E-state index contributed by atoms with van der Waals surface area (Å²) < 4.78 is 40.7. The molecule has 0 N–H and O–H groups in total. The minimum Gasteiger partial charge on any atom is -0.494 e. The van der Waals surface area contributed by atoms with Gasteiger partial charge >= 0.3 is 0 Å². The van der Waals surface area contributed by atoms with Crippen LogP contribution in [0, 0.1) is 11.6 Å². The van der Waals surface area contributed by atoms with E-state index in [9.17, 15) is 8.78 Å². The molecule has 0 aliphatic rings. The normalized spacial score (nSPS) is 11.0. The van der Waals surface area contributed by atoms with Crippen molar-refractivity contribution in [3.05, 3.63) is 72.3 Å². The first-order chi connectivity index (χ1) is 17.1. The molecule has 0 aromatic heterocycles. The van der Waals surface area contributed by atoms with Crippen molar-refractivity contribution >= 4 is 0 Å². The van der Waals surface area contributed by atoms with E-state index in [1.165, 1.54) is 38.2 Å². The second-order valence-corrected chi connectivity index (χ2v) is 9.01. The highest BCUT2D eigenvalue weighted by molar-refractivity contribution is 5.71. The van der Waals surface area contributed by atoms with Crippen LogP contribution >= 0.6 is 0 Å². The number of hydrogen-bond acceptors (Lipinski definition) is 2. The molecule has 35 heavy (non-hydrogen) atoms. The van der Waals surface area contributed by atoms with Crippen molar-refractivity contribution in [2.45, 2.75) is 71.6 Å². The van der Waals surface area contributed by atoms with E-state index in [1.54, 1.807) is 6.07 Å². The number of ether oxygens (including phenoxy) is 2. The Balaban J connectivity index is 1.58. The first kappa shape index (κ1) is 26.7. The maximum atomic E-state index is 14.8. The number of rotatable bonds is 15. The van der Waals surface area contributed by atoms with Crippen LogP contribution in [0.25, 0.3) is 22.3 Å². The molecule has 0 bridgehead atoms. The quantitative estimate of drug-likeness (QED) is 0.202. The van der Waals surface area contributed by atoms with E-state index in [4.69, 9.17) is 9.47 Å². The Morgan fingerprint density at radius 3 is 1.71 bits per heavy atom. The lowest BCUT2D eigenvalue weighted by Gasteiger charge is -2.11. The average molecular weight is 481 g/mol. The maximum Gasteiger partial charge on any atom is 0.201 e. The molecule has 0 radical (unpaired) electrons. The summed E-state index contributed by atoms with van der Waals surface area (Å²) in [6.45, 7) is 5.49. The van der Waals surface area contributed by atoms with Crippen LogP contribution in [0.3, 0.4) is 0 Å². The van der Waals surface area contributed by atoms with Crippen LogP contribution in [-0.4, -0.2) is 13.2 Å². The van der Waals surface area contributed by atoms with Gasteiger partial charge in [-0.15, -0.1) is 0 Å². The van der Waals surface area contributed by atoms with Crippen LogP contribution in [0.5, 0.6) is 11.5 Å². The third kappa shape index (κ3) is 8.09. The molecule has 0 amide bonds. The molecule has 0 fully saturated rings. The minimum atomic E-state index is -0.924. The maximum absolute atomic E-state index is 14.8. The van der Waals surface area contributed by atoms with Crippen LogP contribution in [-0.2, 0) is 0 Å². The Bertz CT molecular complexity index is 1010. The fraction of sp³-hybridized carbons (Fsp3) is 0.419. The molecule has 0 aliphatic heterocycles. The lowest BCUT2D eigenvalue weighted by atomic mass is 9.99. The van der Waals surface area contributed by atoms with Crippen LogP contribution in [0.2, 0.25) is 0 Å². The smallest absolute Gasteiger partial charge is 0.201 e. The lowest BCUT2D eigenvalue weighted by molar-refractivity contribution is 0.285. The van der Waals surface area contributed by atoms with E-state index in [2.05, 4.69) is 13.8 Å². The first-order valence-corrected chi connectivity index (χ1v) is 13.1. The van der Waals surface area contributed by atoms with Crippen LogP contribution in [0.1, 0.15) is 71.6 Å². The van der Waals surface area contributed by atoms with Gasteiger partial charge < -0.3 is 9.47 Å². The molecule has 2 nitrogen and oxygen atoms in total. The highest BCUT2D eigenvalue weighted by atomic mass is 19.2. The fourth-order valence-electron chi connectivity index (χ4n) is 4.06. The van der Waals surface area contributed by atoms with Crippen molar-refractivity contribution in [2.75, 3.05) is 13.2 Å². The molecule has 3 aromatic carbocycles. The number of benzene rings is 3. The third-order valence-electron chi connectivity index (χ3n) is 6.20. The summed E-state index contributed by atoms with van der Waals surface area (Å²) in [7, 11) is 0. The van der Waals surface area contributed by atoms with E-state index >= 15 is 0 Å². The zero-order valence-corrected chi connectivity index (χ0v) is 21.1. The standard InChI is InChI=1S/C31H38F2O2/c1-3-5-7-8-9-11-23-35-29-21-20-28(30(32)31(29)33)26-14-12-24(13-15-26)25-16-18-27(19-17-25)34-22-10-6-4-2/h12-21H,3-11,22-23H2,1-2H3. The molecule has 0 saturated carbocycles. The van der Waals surface area contributed by atoms with Gasteiger partial charge in [0, 0.05) is 5.56 Å².